The molecule has 0 N–H and O–H groups in total. The van der Waals surface area contributed by atoms with Crippen molar-refractivity contribution in [2.24, 2.45) is 0 Å². The van der Waals surface area contributed by atoms with E-state index in [-0.39, 0.29) is 11.7 Å². The van der Waals surface area contributed by atoms with E-state index in [1.54, 1.807) is 0 Å². The molecule has 0 spiro atoms. The van der Waals surface area contributed by atoms with E-state index < -0.39 is 0 Å². The van der Waals surface area contributed by atoms with Crippen LogP contribution in [0.15, 0.2) is 90.0 Å². The number of Topliss-reactive ketones (excluding diaryl/α,β-unsaturated/α-hetero) is 1. The van der Waals surface area contributed by atoms with Gasteiger partial charge < -0.3 is 0 Å². The van der Waals surface area contributed by atoms with Crippen molar-refractivity contribution in [1.29, 1.82) is 0 Å². The van der Waals surface area contributed by atoms with Gasteiger partial charge in [0.25, 0.3) is 0 Å². The Labute approximate surface area is 181 Å². The molecular formula is C26H20Cl2O. The summed E-state index contributed by atoms with van der Waals surface area (Å²) < 4.78 is 0. The number of carbonyl (C=O) groups is 1. The van der Waals surface area contributed by atoms with Crippen molar-refractivity contribution in [1.82, 2.24) is 0 Å². The Bertz CT molecular complexity index is 994. The maximum Gasteiger partial charge on any atom is 0.185 e. The predicted molar refractivity (Wildman–Crippen MR) is 122 cm³/mol. The van der Waals surface area contributed by atoms with Crippen LogP contribution in [0.5, 0.6) is 0 Å². The van der Waals surface area contributed by atoms with Crippen molar-refractivity contribution in [2.45, 2.75) is 18.8 Å². The topological polar surface area (TPSA) is 17.1 Å². The lowest BCUT2D eigenvalue weighted by Crippen LogP contribution is -2.19. The largest absolute Gasteiger partial charge is 0.289 e. The lowest BCUT2D eigenvalue weighted by molar-refractivity contribution is -0.113. The summed E-state index contributed by atoms with van der Waals surface area (Å²) in [4.78, 5) is 13.3. The normalized spacial score (nSPS) is 19.7. The van der Waals surface area contributed by atoms with E-state index in [9.17, 15) is 4.79 Å². The molecule has 0 aromatic heterocycles. The molecule has 0 saturated heterocycles. The maximum absolute atomic E-state index is 13.3. The van der Waals surface area contributed by atoms with Crippen molar-refractivity contribution >= 4 is 41.1 Å². The van der Waals surface area contributed by atoms with Crippen molar-refractivity contribution in [3.05, 3.63) is 117 Å². The van der Waals surface area contributed by atoms with E-state index in [4.69, 9.17) is 23.2 Å². The van der Waals surface area contributed by atoms with Crippen molar-refractivity contribution in [2.75, 3.05) is 0 Å². The molecule has 0 radical (unpaired) electrons. The molecule has 0 heterocycles. The number of rotatable bonds is 3. The minimum atomic E-state index is 0.113. The first kappa shape index (κ1) is 19.7. The van der Waals surface area contributed by atoms with Crippen LogP contribution in [0.1, 0.15) is 35.4 Å². The molecule has 3 aromatic rings. The molecule has 1 nitrogen and oxygen atoms in total. The number of carbonyl (C=O) groups excluding carboxylic acids is 1. The summed E-state index contributed by atoms with van der Waals surface area (Å²) in [6.07, 6.45) is 5.43. The Kier molecular flexibility index (Phi) is 5.99. The fourth-order valence-electron chi connectivity index (χ4n) is 3.72. The molecule has 1 aliphatic carbocycles. The van der Waals surface area contributed by atoms with Crippen molar-refractivity contribution < 1.29 is 4.79 Å². The number of hydrogen-bond donors (Lipinski definition) is 0. The fourth-order valence-corrected chi connectivity index (χ4v) is 3.98. The Morgan fingerprint density at radius 2 is 1.10 bits per heavy atom. The van der Waals surface area contributed by atoms with Crippen LogP contribution in [-0.2, 0) is 4.79 Å². The average molecular weight is 419 g/mol. The van der Waals surface area contributed by atoms with Crippen molar-refractivity contribution in [3.8, 4) is 0 Å². The molecule has 0 bridgehead atoms. The van der Waals surface area contributed by atoms with Crippen LogP contribution in [0.3, 0.4) is 0 Å². The Morgan fingerprint density at radius 3 is 1.55 bits per heavy atom. The van der Waals surface area contributed by atoms with Gasteiger partial charge in [0.05, 0.1) is 0 Å². The van der Waals surface area contributed by atoms with Gasteiger partial charge in [-0.1, -0.05) is 77.8 Å². The summed E-state index contributed by atoms with van der Waals surface area (Å²) in [6, 6.07) is 25.6. The maximum atomic E-state index is 13.3. The monoisotopic (exact) mass is 418 g/mol. The third-order valence-corrected chi connectivity index (χ3v) is 5.71. The standard InChI is InChI=1S/C26H20Cl2O/c27-24-10-6-18(7-11-24)14-22-16-21(20-4-2-1-3-5-20)17-23(26(22)29)15-19-8-12-25(28)13-9-19/h1-15,21H,16-17H2/b22-14-,23-15+. The zero-order valence-electron chi connectivity index (χ0n) is 15.8. The third kappa shape index (κ3) is 4.87. The van der Waals surface area contributed by atoms with Gasteiger partial charge in [0.2, 0.25) is 0 Å². The molecule has 1 unspecified atom stereocenters. The SMILES string of the molecule is O=C1/C(=C\c2ccc(Cl)cc2)CC(c2ccccc2)C/C1=C\c1ccc(Cl)cc1. The molecule has 0 aliphatic heterocycles. The van der Waals surface area contributed by atoms with Gasteiger partial charge in [-0.3, -0.25) is 4.79 Å². The van der Waals surface area contributed by atoms with E-state index in [0.29, 0.717) is 10.0 Å². The van der Waals surface area contributed by atoms with Gasteiger partial charge in [0, 0.05) is 21.2 Å². The highest BCUT2D eigenvalue weighted by molar-refractivity contribution is 6.30. The second-order valence-electron chi connectivity index (χ2n) is 7.29. The van der Waals surface area contributed by atoms with Gasteiger partial charge in [0.1, 0.15) is 0 Å². The van der Waals surface area contributed by atoms with Crippen LogP contribution < -0.4 is 0 Å². The highest BCUT2D eigenvalue weighted by atomic mass is 35.5. The number of hydrogen-bond acceptors (Lipinski definition) is 1. The second-order valence-corrected chi connectivity index (χ2v) is 8.16. The number of halogens is 2. The number of ketones is 1. The van der Waals surface area contributed by atoms with Gasteiger partial charge in [-0.15, -0.1) is 0 Å². The first-order valence-electron chi connectivity index (χ1n) is 9.60. The van der Waals surface area contributed by atoms with Crippen molar-refractivity contribution in [3.63, 3.8) is 0 Å². The van der Waals surface area contributed by atoms with Gasteiger partial charge in [-0.2, -0.15) is 0 Å². The van der Waals surface area contributed by atoms with E-state index in [2.05, 4.69) is 24.3 Å². The molecule has 1 aliphatic rings. The molecule has 1 fully saturated rings. The minimum Gasteiger partial charge on any atom is -0.289 e. The van der Waals surface area contributed by atoms with Gasteiger partial charge >= 0.3 is 0 Å². The van der Waals surface area contributed by atoms with Crippen LogP contribution >= 0.6 is 23.2 Å². The van der Waals surface area contributed by atoms with E-state index in [0.717, 1.165) is 35.1 Å². The molecule has 4 rings (SSSR count). The van der Waals surface area contributed by atoms with Crippen LogP contribution in [0.4, 0.5) is 0 Å². The minimum absolute atomic E-state index is 0.113. The summed E-state index contributed by atoms with van der Waals surface area (Å²) in [7, 11) is 0. The number of allylic oxidation sites excluding steroid dienone is 2. The van der Waals surface area contributed by atoms with Gasteiger partial charge in [-0.05, 0) is 71.9 Å². The quantitative estimate of drug-likeness (QED) is 0.400. The smallest absolute Gasteiger partial charge is 0.185 e. The summed E-state index contributed by atoms with van der Waals surface area (Å²) in [5, 5.41) is 1.38. The number of benzene rings is 3. The zero-order valence-corrected chi connectivity index (χ0v) is 17.3. The molecule has 144 valence electrons. The fraction of sp³-hybridized carbons (Fsp3) is 0.115. The Morgan fingerprint density at radius 1 is 0.655 bits per heavy atom. The Hall–Kier alpha value is -2.61. The van der Waals surface area contributed by atoms with Crippen LogP contribution in [0.2, 0.25) is 10.0 Å². The molecule has 1 atom stereocenters. The highest BCUT2D eigenvalue weighted by Crippen LogP contribution is 2.38. The van der Waals surface area contributed by atoms with Crippen LogP contribution in [0.25, 0.3) is 12.2 Å². The lowest BCUT2D eigenvalue weighted by atomic mass is 9.77. The Balaban J connectivity index is 1.73. The van der Waals surface area contributed by atoms with Gasteiger partial charge in [-0.25, -0.2) is 0 Å². The van der Waals surface area contributed by atoms with E-state index in [1.165, 1.54) is 5.56 Å². The molecular weight excluding hydrogens is 399 g/mol. The predicted octanol–water partition coefficient (Wildman–Crippen LogP) is 7.61. The molecule has 3 aromatic carbocycles. The first-order valence-corrected chi connectivity index (χ1v) is 10.4. The second kappa shape index (κ2) is 8.82. The highest BCUT2D eigenvalue weighted by Gasteiger charge is 2.28. The first-order chi connectivity index (χ1) is 14.1. The van der Waals surface area contributed by atoms with Crippen LogP contribution in [0, 0.1) is 0 Å². The third-order valence-electron chi connectivity index (χ3n) is 5.21. The van der Waals surface area contributed by atoms with E-state index in [1.807, 2.05) is 66.7 Å². The summed E-state index contributed by atoms with van der Waals surface area (Å²) in [5.74, 6) is 0.382. The molecule has 3 heteroatoms. The van der Waals surface area contributed by atoms with E-state index >= 15 is 0 Å². The zero-order chi connectivity index (χ0) is 20.2. The summed E-state index contributed by atoms with van der Waals surface area (Å²) in [6.45, 7) is 0. The van der Waals surface area contributed by atoms with Gasteiger partial charge in [0.15, 0.2) is 5.78 Å². The lowest BCUT2D eigenvalue weighted by Gasteiger charge is -2.26. The molecule has 1 saturated carbocycles. The summed E-state index contributed by atoms with van der Waals surface area (Å²) in [5.41, 5.74) is 4.87. The molecule has 29 heavy (non-hydrogen) atoms. The van der Waals surface area contributed by atoms with Crippen LogP contribution in [-0.4, -0.2) is 5.78 Å². The summed E-state index contributed by atoms with van der Waals surface area (Å²) >= 11 is 12.0. The average Bonchev–Trinajstić information content (AvgIpc) is 2.74. The molecule has 0 amide bonds.